The van der Waals surface area contributed by atoms with Gasteiger partial charge in [-0.2, -0.15) is 0 Å². The zero-order chi connectivity index (χ0) is 14.0. The maximum Gasteiger partial charge on any atom is 0.313 e. The minimum absolute atomic E-state index is 0.00661. The van der Waals surface area contributed by atoms with Gasteiger partial charge in [-0.15, -0.1) is 0 Å². The van der Waals surface area contributed by atoms with E-state index in [0.29, 0.717) is 0 Å². The van der Waals surface area contributed by atoms with Gasteiger partial charge in [0.15, 0.2) is 15.6 Å². The van der Waals surface area contributed by atoms with E-state index in [-0.39, 0.29) is 30.1 Å². The molecule has 1 aromatic carbocycles. The van der Waals surface area contributed by atoms with E-state index in [4.69, 9.17) is 4.74 Å². The van der Waals surface area contributed by atoms with Crippen LogP contribution in [0.3, 0.4) is 0 Å². The third-order valence-corrected chi connectivity index (χ3v) is 4.63. The maximum atomic E-state index is 12.9. The summed E-state index contributed by atoms with van der Waals surface area (Å²) in [6, 6.07) is 3.05. The Morgan fingerprint density at radius 3 is 2.53 bits per heavy atom. The number of nitro groups is 1. The van der Waals surface area contributed by atoms with Crippen LogP contribution in [-0.4, -0.2) is 31.0 Å². The highest BCUT2D eigenvalue weighted by Crippen LogP contribution is 2.30. The molecule has 0 aliphatic carbocycles. The van der Waals surface area contributed by atoms with Crippen molar-refractivity contribution in [3.05, 3.63) is 34.1 Å². The minimum atomic E-state index is -3.01. The maximum absolute atomic E-state index is 12.9. The van der Waals surface area contributed by atoms with Gasteiger partial charge in [0, 0.05) is 0 Å². The fourth-order valence-electron chi connectivity index (χ4n) is 1.90. The van der Waals surface area contributed by atoms with Crippen LogP contribution >= 0.6 is 0 Å². The van der Waals surface area contributed by atoms with Gasteiger partial charge in [0.1, 0.15) is 11.9 Å². The minimum Gasteiger partial charge on any atom is -0.483 e. The van der Waals surface area contributed by atoms with Crippen molar-refractivity contribution in [3.63, 3.8) is 0 Å². The Bertz CT molecular complexity index is 587. The molecular weight excluding hydrogens is 277 g/mol. The first kappa shape index (κ1) is 13.7. The second kappa shape index (κ2) is 5.12. The second-order valence-corrected chi connectivity index (χ2v) is 6.64. The molecule has 1 aromatic rings. The topological polar surface area (TPSA) is 86.5 Å². The Kier molecular flexibility index (Phi) is 3.70. The molecule has 0 aromatic heterocycles. The van der Waals surface area contributed by atoms with Crippen LogP contribution in [0.25, 0.3) is 0 Å². The second-order valence-electron chi connectivity index (χ2n) is 4.34. The first-order valence-electron chi connectivity index (χ1n) is 5.68. The predicted octanol–water partition coefficient (Wildman–Crippen LogP) is 1.69. The normalized spacial score (nSPS) is 19.0. The Morgan fingerprint density at radius 1 is 1.32 bits per heavy atom. The average Bonchev–Trinajstić information content (AvgIpc) is 2.33. The first-order chi connectivity index (χ1) is 8.87. The van der Waals surface area contributed by atoms with Crippen molar-refractivity contribution in [1.29, 1.82) is 0 Å². The third kappa shape index (κ3) is 3.40. The van der Waals surface area contributed by atoms with Crippen molar-refractivity contribution in [1.82, 2.24) is 0 Å². The molecule has 0 N–H and O–H groups in total. The molecule has 0 spiro atoms. The molecule has 0 amide bonds. The lowest BCUT2D eigenvalue weighted by atomic mass is 10.2. The van der Waals surface area contributed by atoms with E-state index in [9.17, 15) is 22.9 Å². The summed E-state index contributed by atoms with van der Waals surface area (Å²) in [4.78, 5) is 10.1. The van der Waals surface area contributed by atoms with Gasteiger partial charge in [0.2, 0.25) is 0 Å². The van der Waals surface area contributed by atoms with Crippen LogP contribution in [0.1, 0.15) is 12.8 Å². The monoisotopic (exact) mass is 289 g/mol. The average molecular weight is 289 g/mol. The molecule has 1 fully saturated rings. The Hall–Kier alpha value is -1.70. The lowest BCUT2D eigenvalue weighted by Crippen LogP contribution is -2.30. The molecule has 0 radical (unpaired) electrons. The molecule has 8 heteroatoms. The van der Waals surface area contributed by atoms with E-state index in [1.54, 1.807) is 0 Å². The summed E-state index contributed by atoms with van der Waals surface area (Å²) in [5.74, 6) is -0.736. The highest BCUT2D eigenvalue weighted by molar-refractivity contribution is 7.91. The Morgan fingerprint density at radius 2 is 1.95 bits per heavy atom. The van der Waals surface area contributed by atoms with Gasteiger partial charge in [-0.25, -0.2) is 12.8 Å². The van der Waals surface area contributed by atoms with Crippen LogP contribution in [-0.2, 0) is 9.84 Å². The predicted molar refractivity (Wildman–Crippen MR) is 65.4 cm³/mol. The molecule has 1 saturated heterocycles. The lowest BCUT2D eigenvalue weighted by molar-refractivity contribution is -0.386. The van der Waals surface area contributed by atoms with Crippen LogP contribution in [0.5, 0.6) is 5.75 Å². The fourth-order valence-corrected chi connectivity index (χ4v) is 3.35. The zero-order valence-electron chi connectivity index (χ0n) is 9.91. The van der Waals surface area contributed by atoms with E-state index in [0.717, 1.165) is 12.1 Å². The number of nitrogens with zero attached hydrogens (tertiary/aromatic N) is 1. The van der Waals surface area contributed by atoms with Crippen molar-refractivity contribution in [2.75, 3.05) is 11.5 Å². The van der Waals surface area contributed by atoms with E-state index in [1.165, 1.54) is 6.07 Å². The molecule has 1 aliphatic heterocycles. The molecule has 0 atom stereocenters. The number of halogens is 1. The highest BCUT2D eigenvalue weighted by atomic mass is 32.2. The van der Waals surface area contributed by atoms with Crippen LogP contribution in [0, 0.1) is 15.9 Å². The van der Waals surface area contributed by atoms with Gasteiger partial charge in [-0.05, 0) is 25.0 Å². The highest BCUT2D eigenvalue weighted by Gasteiger charge is 2.27. The fraction of sp³-hybridized carbons (Fsp3) is 0.455. The van der Waals surface area contributed by atoms with Crippen molar-refractivity contribution in [2.24, 2.45) is 0 Å². The smallest absolute Gasteiger partial charge is 0.313 e. The molecule has 0 saturated carbocycles. The first-order valence-corrected chi connectivity index (χ1v) is 7.50. The quantitative estimate of drug-likeness (QED) is 0.624. The molecule has 104 valence electrons. The molecule has 19 heavy (non-hydrogen) atoms. The molecule has 6 nitrogen and oxygen atoms in total. The summed E-state index contributed by atoms with van der Waals surface area (Å²) in [7, 11) is -3.01. The van der Waals surface area contributed by atoms with Crippen molar-refractivity contribution in [3.8, 4) is 5.75 Å². The number of benzene rings is 1. The van der Waals surface area contributed by atoms with E-state index in [1.807, 2.05) is 0 Å². The molecular formula is C11H12FNO5S. The molecule has 0 bridgehead atoms. The van der Waals surface area contributed by atoms with Crippen LogP contribution in [0.15, 0.2) is 18.2 Å². The van der Waals surface area contributed by atoms with E-state index < -0.39 is 32.4 Å². The van der Waals surface area contributed by atoms with Gasteiger partial charge in [-0.3, -0.25) is 10.1 Å². The SMILES string of the molecule is O=[N+]([O-])c1cc(F)ccc1OC1CCS(=O)(=O)CC1. The number of hydrogen-bond acceptors (Lipinski definition) is 5. The van der Waals surface area contributed by atoms with Gasteiger partial charge >= 0.3 is 5.69 Å². The lowest BCUT2D eigenvalue weighted by Gasteiger charge is -2.22. The van der Waals surface area contributed by atoms with Crippen molar-refractivity contribution < 1.29 is 22.5 Å². The summed E-state index contributed by atoms with van der Waals surface area (Å²) in [5.41, 5.74) is -0.451. The molecule has 0 unspecified atom stereocenters. The standard InChI is InChI=1S/C11H12FNO5S/c12-8-1-2-11(10(7-8)13(14)15)18-9-3-5-19(16,17)6-4-9/h1-2,7,9H,3-6H2. The van der Waals surface area contributed by atoms with E-state index in [2.05, 4.69) is 0 Å². The number of rotatable bonds is 3. The Labute approximate surface area is 109 Å². The molecule has 2 rings (SSSR count). The zero-order valence-corrected chi connectivity index (χ0v) is 10.7. The van der Waals surface area contributed by atoms with Crippen molar-refractivity contribution >= 4 is 15.5 Å². The van der Waals surface area contributed by atoms with Crippen LogP contribution in [0.2, 0.25) is 0 Å². The molecule has 1 aliphatic rings. The summed E-state index contributed by atoms with van der Waals surface area (Å²) in [5, 5.41) is 10.8. The van der Waals surface area contributed by atoms with Gasteiger partial charge in [0.25, 0.3) is 0 Å². The summed E-state index contributed by atoms with van der Waals surface area (Å²) in [6.07, 6.45) is 0.181. The van der Waals surface area contributed by atoms with Crippen LogP contribution < -0.4 is 4.74 Å². The summed E-state index contributed by atoms with van der Waals surface area (Å²) < 4.78 is 40.9. The number of hydrogen-bond donors (Lipinski definition) is 0. The van der Waals surface area contributed by atoms with Gasteiger partial charge in [0.05, 0.1) is 22.5 Å². The summed E-state index contributed by atoms with van der Waals surface area (Å²) >= 11 is 0. The van der Waals surface area contributed by atoms with Gasteiger partial charge in [-0.1, -0.05) is 0 Å². The molecule has 1 heterocycles. The Balaban J connectivity index is 2.14. The summed E-state index contributed by atoms with van der Waals surface area (Å²) in [6.45, 7) is 0. The third-order valence-electron chi connectivity index (χ3n) is 2.91. The number of ether oxygens (including phenoxy) is 1. The van der Waals surface area contributed by atoms with Crippen LogP contribution in [0.4, 0.5) is 10.1 Å². The number of sulfone groups is 1. The number of nitro benzene ring substituents is 1. The van der Waals surface area contributed by atoms with E-state index >= 15 is 0 Å². The van der Waals surface area contributed by atoms with Crippen molar-refractivity contribution in [2.45, 2.75) is 18.9 Å². The largest absolute Gasteiger partial charge is 0.483 e. The van der Waals surface area contributed by atoms with Gasteiger partial charge < -0.3 is 4.74 Å².